The lowest BCUT2D eigenvalue weighted by Crippen LogP contribution is -2.41. The van der Waals surface area contributed by atoms with E-state index in [4.69, 9.17) is 0 Å². The highest BCUT2D eigenvalue weighted by Crippen LogP contribution is 1.99. The molecule has 1 amide bonds. The van der Waals surface area contributed by atoms with E-state index in [2.05, 4.69) is 11.9 Å². The average molecular weight is 212 g/mol. The molecule has 0 radical (unpaired) electrons. The third-order valence-corrected chi connectivity index (χ3v) is 2.35. The number of carbonyl (C=O) groups is 1. The molecule has 0 bridgehead atoms. The molecule has 15 heavy (non-hydrogen) atoms. The summed E-state index contributed by atoms with van der Waals surface area (Å²) in [6.45, 7) is 6.51. The Hall–Kier alpha value is -0.830. The summed E-state index contributed by atoms with van der Waals surface area (Å²) < 4.78 is 0. The monoisotopic (exact) mass is 212 g/mol. The van der Waals surface area contributed by atoms with Crippen molar-refractivity contribution in [3.63, 3.8) is 0 Å². The van der Waals surface area contributed by atoms with Crippen LogP contribution in [-0.2, 0) is 4.79 Å². The molecule has 0 aromatic rings. The molecule has 3 nitrogen and oxygen atoms in total. The quantitative estimate of drug-likeness (QED) is 0.491. The standard InChI is InChI=1S/C12H24N2O/c1-5-6-7-8-9-10-13-11(2)12(15)14(3)4/h5,11,13H,1,6-10H2,2-4H3. The maximum Gasteiger partial charge on any atom is 0.238 e. The first-order chi connectivity index (χ1) is 7.09. The lowest BCUT2D eigenvalue weighted by molar-refractivity contribution is -0.130. The van der Waals surface area contributed by atoms with Gasteiger partial charge in [-0.1, -0.05) is 12.5 Å². The van der Waals surface area contributed by atoms with Crippen LogP contribution < -0.4 is 5.32 Å². The molecule has 88 valence electrons. The van der Waals surface area contributed by atoms with Crippen LogP contribution in [-0.4, -0.2) is 37.5 Å². The van der Waals surface area contributed by atoms with E-state index in [-0.39, 0.29) is 11.9 Å². The van der Waals surface area contributed by atoms with Crippen LogP contribution in [0.15, 0.2) is 12.7 Å². The molecule has 1 atom stereocenters. The van der Waals surface area contributed by atoms with Gasteiger partial charge in [-0.15, -0.1) is 6.58 Å². The number of hydrogen-bond donors (Lipinski definition) is 1. The molecule has 0 heterocycles. The van der Waals surface area contributed by atoms with Gasteiger partial charge in [0.2, 0.25) is 5.91 Å². The number of nitrogens with one attached hydrogen (secondary N) is 1. The topological polar surface area (TPSA) is 32.3 Å². The van der Waals surface area contributed by atoms with Gasteiger partial charge in [0.05, 0.1) is 6.04 Å². The highest BCUT2D eigenvalue weighted by atomic mass is 16.2. The minimum Gasteiger partial charge on any atom is -0.347 e. The molecule has 3 heteroatoms. The van der Waals surface area contributed by atoms with Crippen molar-refractivity contribution in [2.24, 2.45) is 0 Å². The molecule has 0 saturated heterocycles. The molecule has 1 unspecified atom stereocenters. The highest BCUT2D eigenvalue weighted by Gasteiger charge is 2.12. The molecule has 0 aromatic heterocycles. The van der Waals surface area contributed by atoms with Gasteiger partial charge in [0.25, 0.3) is 0 Å². The number of likely N-dealkylation sites (N-methyl/N-ethyl adjacent to an activating group) is 1. The largest absolute Gasteiger partial charge is 0.347 e. The minimum atomic E-state index is -0.0700. The Morgan fingerprint density at radius 2 is 2.07 bits per heavy atom. The van der Waals surface area contributed by atoms with E-state index in [0.717, 1.165) is 19.4 Å². The van der Waals surface area contributed by atoms with E-state index >= 15 is 0 Å². The van der Waals surface area contributed by atoms with Gasteiger partial charge in [0.15, 0.2) is 0 Å². The van der Waals surface area contributed by atoms with Gasteiger partial charge in [-0.05, 0) is 32.7 Å². The second-order valence-electron chi connectivity index (χ2n) is 4.05. The third-order valence-electron chi connectivity index (χ3n) is 2.35. The molecule has 0 spiro atoms. The molecule has 0 aliphatic heterocycles. The van der Waals surface area contributed by atoms with Gasteiger partial charge in [0, 0.05) is 14.1 Å². The fourth-order valence-electron chi connectivity index (χ4n) is 1.38. The number of unbranched alkanes of at least 4 members (excludes halogenated alkanes) is 3. The molecule has 0 saturated carbocycles. The average Bonchev–Trinajstić information content (AvgIpc) is 2.21. The predicted octanol–water partition coefficient (Wildman–Crippen LogP) is 1.80. The van der Waals surface area contributed by atoms with E-state index in [1.165, 1.54) is 12.8 Å². The maximum absolute atomic E-state index is 11.5. The van der Waals surface area contributed by atoms with Gasteiger partial charge in [0.1, 0.15) is 0 Å². The second kappa shape index (κ2) is 8.48. The van der Waals surface area contributed by atoms with Crippen LogP contribution in [0.4, 0.5) is 0 Å². The summed E-state index contributed by atoms with van der Waals surface area (Å²) in [5, 5.41) is 3.22. The summed E-state index contributed by atoms with van der Waals surface area (Å²) in [5.41, 5.74) is 0. The van der Waals surface area contributed by atoms with Crippen LogP contribution in [0.3, 0.4) is 0 Å². The number of rotatable bonds is 8. The zero-order valence-corrected chi connectivity index (χ0v) is 10.3. The Kier molecular flexibility index (Phi) is 8.01. The Morgan fingerprint density at radius 3 is 2.60 bits per heavy atom. The third kappa shape index (κ3) is 7.14. The number of amides is 1. The molecular weight excluding hydrogens is 188 g/mol. The summed E-state index contributed by atoms with van der Waals surface area (Å²) in [5.74, 6) is 0.140. The predicted molar refractivity (Wildman–Crippen MR) is 64.8 cm³/mol. The fraction of sp³-hybridized carbons (Fsp3) is 0.750. The fourth-order valence-corrected chi connectivity index (χ4v) is 1.38. The Morgan fingerprint density at radius 1 is 1.40 bits per heavy atom. The molecular formula is C12H24N2O. The molecule has 0 aliphatic carbocycles. The number of allylic oxidation sites excluding steroid dienone is 1. The van der Waals surface area contributed by atoms with Crippen LogP contribution in [0, 0.1) is 0 Å². The van der Waals surface area contributed by atoms with Crippen molar-refractivity contribution in [3.8, 4) is 0 Å². The number of hydrogen-bond acceptors (Lipinski definition) is 2. The maximum atomic E-state index is 11.5. The van der Waals surface area contributed by atoms with E-state index in [9.17, 15) is 4.79 Å². The first-order valence-electron chi connectivity index (χ1n) is 5.65. The van der Waals surface area contributed by atoms with Crippen LogP contribution in [0.2, 0.25) is 0 Å². The molecule has 0 fully saturated rings. The highest BCUT2D eigenvalue weighted by molar-refractivity contribution is 5.80. The van der Waals surface area contributed by atoms with Crippen molar-refractivity contribution in [2.75, 3.05) is 20.6 Å². The normalized spacial score (nSPS) is 12.2. The van der Waals surface area contributed by atoms with Gasteiger partial charge in [-0.25, -0.2) is 0 Å². The van der Waals surface area contributed by atoms with Crippen LogP contribution >= 0.6 is 0 Å². The lowest BCUT2D eigenvalue weighted by Gasteiger charge is -2.17. The molecule has 1 N–H and O–H groups in total. The summed E-state index contributed by atoms with van der Waals surface area (Å²) in [4.78, 5) is 13.1. The second-order valence-corrected chi connectivity index (χ2v) is 4.05. The van der Waals surface area contributed by atoms with Gasteiger partial charge in [-0.2, -0.15) is 0 Å². The van der Waals surface area contributed by atoms with Crippen molar-refractivity contribution < 1.29 is 4.79 Å². The van der Waals surface area contributed by atoms with Crippen molar-refractivity contribution in [1.82, 2.24) is 10.2 Å². The summed E-state index contributed by atoms with van der Waals surface area (Å²) in [6.07, 6.45) is 6.56. The van der Waals surface area contributed by atoms with Crippen LogP contribution in [0.25, 0.3) is 0 Å². The van der Waals surface area contributed by atoms with Crippen molar-refractivity contribution in [3.05, 3.63) is 12.7 Å². The summed E-state index contributed by atoms with van der Waals surface area (Å²) in [7, 11) is 3.56. The van der Waals surface area contributed by atoms with Gasteiger partial charge < -0.3 is 10.2 Å². The van der Waals surface area contributed by atoms with Gasteiger partial charge in [-0.3, -0.25) is 4.79 Å². The van der Waals surface area contributed by atoms with E-state index in [1.807, 2.05) is 13.0 Å². The van der Waals surface area contributed by atoms with E-state index in [1.54, 1.807) is 19.0 Å². The minimum absolute atomic E-state index is 0.0700. The van der Waals surface area contributed by atoms with E-state index < -0.39 is 0 Å². The van der Waals surface area contributed by atoms with Crippen LogP contribution in [0.5, 0.6) is 0 Å². The Bertz CT molecular complexity index is 190. The van der Waals surface area contributed by atoms with Gasteiger partial charge >= 0.3 is 0 Å². The number of carbonyl (C=O) groups excluding carboxylic acids is 1. The zero-order valence-electron chi connectivity index (χ0n) is 10.3. The first kappa shape index (κ1) is 14.2. The zero-order chi connectivity index (χ0) is 11.7. The summed E-state index contributed by atoms with van der Waals surface area (Å²) >= 11 is 0. The van der Waals surface area contributed by atoms with Crippen molar-refractivity contribution in [1.29, 1.82) is 0 Å². The smallest absolute Gasteiger partial charge is 0.238 e. The Labute approximate surface area is 93.5 Å². The van der Waals surface area contributed by atoms with Crippen molar-refractivity contribution >= 4 is 5.91 Å². The Balaban J connectivity index is 3.42. The lowest BCUT2D eigenvalue weighted by atomic mass is 10.2. The number of nitrogens with zero attached hydrogens (tertiary/aromatic N) is 1. The van der Waals surface area contributed by atoms with Crippen LogP contribution in [0.1, 0.15) is 32.6 Å². The SMILES string of the molecule is C=CCCCCCNC(C)C(=O)N(C)C. The molecule has 0 rings (SSSR count). The van der Waals surface area contributed by atoms with E-state index in [0.29, 0.717) is 0 Å². The molecule has 0 aliphatic rings. The van der Waals surface area contributed by atoms with Crippen molar-refractivity contribution in [2.45, 2.75) is 38.6 Å². The first-order valence-corrected chi connectivity index (χ1v) is 5.65. The molecule has 0 aromatic carbocycles. The summed E-state index contributed by atoms with van der Waals surface area (Å²) in [6, 6.07) is -0.0700.